The van der Waals surface area contributed by atoms with Crippen LogP contribution in [0, 0.1) is 3.57 Å². The van der Waals surface area contributed by atoms with Gasteiger partial charge in [0, 0.05) is 34.8 Å². The number of carbonyl (C=O) groups excluding carboxylic acids is 1. The van der Waals surface area contributed by atoms with Crippen molar-refractivity contribution in [2.75, 3.05) is 19.6 Å². The molecule has 0 bridgehead atoms. The summed E-state index contributed by atoms with van der Waals surface area (Å²) in [6, 6.07) is 15.6. The standard InChI is InChI=1S/C18H19IN2O3S/c1-14-13-20(18(22)15-5-3-2-4-6-15)11-12-21(14)25(23,24)17-9-7-16(19)8-10-17/h2-10,14H,11-13H2,1H3. The molecular weight excluding hydrogens is 451 g/mol. The van der Waals surface area contributed by atoms with Crippen LogP contribution in [0.2, 0.25) is 0 Å². The van der Waals surface area contributed by atoms with Gasteiger partial charge < -0.3 is 4.90 Å². The highest BCUT2D eigenvalue weighted by atomic mass is 127. The average molecular weight is 470 g/mol. The molecule has 1 atom stereocenters. The van der Waals surface area contributed by atoms with E-state index in [0.29, 0.717) is 30.1 Å². The van der Waals surface area contributed by atoms with Crippen molar-refractivity contribution < 1.29 is 13.2 Å². The normalized spacial score (nSPS) is 19.0. The second-order valence-electron chi connectivity index (χ2n) is 6.04. The first-order chi connectivity index (χ1) is 11.9. The highest BCUT2D eigenvalue weighted by Gasteiger charge is 2.35. The molecule has 2 aromatic rings. The minimum absolute atomic E-state index is 0.0567. The van der Waals surface area contributed by atoms with Gasteiger partial charge in [0.1, 0.15) is 0 Å². The summed E-state index contributed by atoms with van der Waals surface area (Å²) in [5.74, 6) is -0.0567. The molecule has 7 heteroatoms. The van der Waals surface area contributed by atoms with Crippen LogP contribution in [0.3, 0.4) is 0 Å². The van der Waals surface area contributed by atoms with Crippen molar-refractivity contribution in [1.29, 1.82) is 0 Å². The Morgan fingerprint density at radius 1 is 1.04 bits per heavy atom. The van der Waals surface area contributed by atoms with Crippen molar-refractivity contribution in [3.8, 4) is 0 Å². The topological polar surface area (TPSA) is 57.7 Å². The van der Waals surface area contributed by atoms with Crippen molar-refractivity contribution in [2.24, 2.45) is 0 Å². The van der Waals surface area contributed by atoms with E-state index in [-0.39, 0.29) is 11.9 Å². The number of rotatable bonds is 3. The molecule has 0 saturated carbocycles. The van der Waals surface area contributed by atoms with Gasteiger partial charge >= 0.3 is 0 Å². The fourth-order valence-electron chi connectivity index (χ4n) is 2.99. The third kappa shape index (κ3) is 3.88. The van der Waals surface area contributed by atoms with Crippen LogP contribution in [0.4, 0.5) is 0 Å². The van der Waals surface area contributed by atoms with E-state index in [1.54, 1.807) is 41.3 Å². The van der Waals surface area contributed by atoms with Gasteiger partial charge in [0.25, 0.3) is 5.91 Å². The Hall–Kier alpha value is -1.45. The average Bonchev–Trinajstić information content (AvgIpc) is 2.62. The van der Waals surface area contributed by atoms with E-state index in [2.05, 4.69) is 22.6 Å². The van der Waals surface area contributed by atoms with E-state index >= 15 is 0 Å². The lowest BCUT2D eigenvalue weighted by Crippen LogP contribution is -2.55. The molecule has 2 aromatic carbocycles. The number of hydrogen-bond donors (Lipinski definition) is 0. The van der Waals surface area contributed by atoms with Crippen LogP contribution in [-0.4, -0.2) is 49.2 Å². The molecule has 5 nitrogen and oxygen atoms in total. The highest BCUT2D eigenvalue weighted by Crippen LogP contribution is 2.23. The van der Waals surface area contributed by atoms with Crippen LogP contribution in [-0.2, 0) is 10.0 Å². The molecule has 0 spiro atoms. The summed E-state index contributed by atoms with van der Waals surface area (Å²) in [5.41, 5.74) is 0.628. The maximum Gasteiger partial charge on any atom is 0.253 e. The molecule has 1 aliphatic heterocycles. The molecule has 1 heterocycles. The van der Waals surface area contributed by atoms with Gasteiger partial charge in [0.2, 0.25) is 10.0 Å². The molecule has 25 heavy (non-hydrogen) atoms. The molecule has 0 N–H and O–H groups in total. The smallest absolute Gasteiger partial charge is 0.253 e. The predicted octanol–water partition coefficient (Wildman–Crippen LogP) is 2.83. The number of hydrogen-bond acceptors (Lipinski definition) is 3. The Bertz CT molecular complexity index is 854. The molecule has 0 radical (unpaired) electrons. The zero-order chi connectivity index (χ0) is 18.0. The van der Waals surface area contributed by atoms with Crippen LogP contribution < -0.4 is 0 Å². The summed E-state index contributed by atoms with van der Waals surface area (Å²) in [4.78, 5) is 14.6. The molecule has 0 aliphatic carbocycles. The van der Waals surface area contributed by atoms with E-state index in [1.165, 1.54) is 4.31 Å². The summed E-state index contributed by atoms with van der Waals surface area (Å²) in [5, 5.41) is 0. The SMILES string of the molecule is CC1CN(C(=O)c2ccccc2)CCN1S(=O)(=O)c1ccc(I)cc1. The van der Waals surface area contributed by atoms with E-state index in [4.69, 9.17) is 0 Å². The first kappa shape index (κ1) is 18.3. The molecule has 0 aromatic heterocycles. The molecule has 1 saturated heterocycles. The number of nitrogens with zero attached hydrogens (tertiary/aromatic N) is 2. The highest BCUT2D eigenvalue weighted by molar-refractivity contribution is 14.1. The van der Waals surface area contributed by atoms with E-state index in [1.807, 2.05) is 25.1 Å². The van der Waals surface area contributed by atoms with Gasteiger partial charge in [-0.05, 0) is 65.9 Å². The van der Waals surface area contributed by atoms with Crippen LogP contribution >= 0.6 is 22.6 Å². The number of benzene rings is 2. The van der Waals surface area contributed by atoms with E-state index in [0.717, 1.165) is 3.57 Å². The van der Waals surface area contributed by atoms with Crippen LogP contribution in [0.25, 0.3) is 0 Å². The minimum atomic E-state index is -3.55. The fourth-order valence-corrected chi connectivity index (χ4v) is 4.96. The van der Waals surface area contributed by atoms with E-state index in [9.17, 15) is 13.2 Å². The molecule has 1 fully saturated rings. The summed E-state index contributed by atoms with van der Waals surface area (Å²) in [7, 11) is -3.55. The van der Waals surface area contributed by atoms with Crippen molar-refractivity contribution in [1.82, 2.24) is 9.21 Å². The molecule has 1 unspecified atom stereocenters. The van der Waals surface area contributed by atoms with E-state index < -0.39 is 10.0 Å². The largest absolute Gasteiger partial charge is 0.336 e. The Morgan fingerprint density at radius 3 is 2.28 bits per heavy atom. The number of halogens is 1. The van der Waals surface area contributed by atoms with Gasteiger partial charge in [-0.2, -0.15) is 4.31 Å². The minimum Gasteiger partial charge on any atom is -0.336 e. The van der Waals surface area contributed by atoms with Crippen LogP contribution in [0.15, 0.2) is 59.5 Å². The first-order valence-electron chi connectivity index (χ1n) is 8.01. The summed E-state index contributed by atoms with van der Waals surface area (Å²) < 4.78 is 28.2. The predicted molar refractivity (Wildman–Crippen MR) is 105 cm³/mol. The Morgan fingerprint density at radius 2 is 1.68 bits per heavy atom. The lowest BCUT2D eigenvalue weighted by Gasteiger charge is -2.39. The van der Waals surface area contributed by atoms with Crippen molar-refractivity contribution >= 4 is 38.5 Å². The maximum atomic E-state index is 12.9. The molecule has 3 rings (SSSR count). The van der Waals surface area contributed by atoms with Crippen molar-refractivity contribution in [2.45, 2.75) is 17.9 Å². The van der Waals surface area contributed by atoms with Gasteiger partial charge in [0.05, 0.1) is 4.90 Å². The van der Waals surface area contributed by atoms with Crippen LogP contribution in [0.1, 0.15) is 17.3 Å². The summed E-state index contributed by atoms with van der Waals surface area (Å²) in [6.45, 7) is 2.92. The zero-order valence-electron chi connectivity index (χ0n) is 13.8. The Balaban J connectivity index is 1.75. The molecule has 1 amide bonds. The van der Waals surface area contributed by atoms with Gasteiger partial charge in [-0.15, -0.1) is 0 Å². The third-order valence-electron chi connectivity index (χ3n) is 4.29. The maximum absolute atomic E-state index is 12.9. The van der Waals surface area contributed by atoms with Crippen molar-refractivity contribution in [3.05, 3.63) is 63.7 Å². The first-order valence-corrected chi connectivity index (χ1v) is 10.5. The Labute approximate surface area is 161 Å². The van der Waals surface area contributed by atoms with Crippen molar-refractivity contribution in [3.63, 3.8) is 0 Å². The number of carbonyl (C=O) groups is 1. The van der Waals surface area contributed by atoms with Crippen LogP contribution in [0.5, 0.6) is 0 Å². The zero-order valence-corrected chi connectivity index (χ0v) is 16.8. The van der Waals surface area contributed by atoms with Gasteiger partial charge in [-0.25, -0.2) is 8.42 Å². The third-order valence-corrected chi connectivity index (χ3v) is 7.04. The fraction of sp³-hybridized carbons (Fsp3) is 0.278. The quantitative estimate of drug-likeness (QED) is 0.649. The monoisotopic (exact) mass is 470 g/mol. The van der Waals surface area contributed by atoms with Gasteiger partial charge in [0.15, 0.2) is 0 Å². The molecule has 132 valence electrons. The number of sulfonamides is 1. The van der Waals surface area contributed by atoms with Gasteiger partial charge in [-0.1, -0.05) is 18.2 Å². The number of amides is 1. The second-order valence-corrected chi connectivity index (χ2v) is 9.17. The number of piperazine rings is 1. The summed E-state index contributed by atoms with van der Waals surface area (Å²) >= 11 is 2.15. The Kier molecular flexibility index (Phi) is 5.45. The van der Waals surface area contributed by atoms with Gasteiger partial charge in [-0.3, -0.25) is 4.79 Å². The summed E-state index contributed by atoms with van der Waals surface area (Å²) in [6.07, 6.45) is 0. The lowest BCUT2D eigenvalue weighted by molar-refractivity contribution is 0.0642. The lowest BCUT2D eigenvalue weighted by atomic mass is 10.1. The molecule has 1 aliphatic rings. The second kappa shape index (κ2) is 7.43. The molecular formula is C18H19IN2O3S.